The fourth-order valence-electron chi connectivity index (χ4n) is 2.89. The van der Waals surface area contributed by atoms with Gasteiger partial charge in [-0.05, 0) is 34.9 Å². The van der Waals surface area contributed by atoms with Crippen LogP contribution in [0, 0.1) is 10.1 Å². The molecule has 0 saturated carbocycles. The number of nitro benzene ring substituents is 1. The summed E-state index contributed by atoms with van der Waals surface area (Å²) in [7, 11) is 0. The number of aliphatic carboxylic acids is 1. The van der Waals surface area contributed by atoms with Crippen molar-refractivity contribution in [1.82, 2.24) is 0 Å². The lowest BCUT2D eigenvalue weighted by Crippen LogP contribution is -2.12. The molecule has 34 heavy (non-hydrogen) atoms. The third-order valence-electron chi connectivity index (χ3n) is 4.62. The fraction of sp³-hybridized carbons (Fsp3) is 0.0769. The Labute approximate surface area is 205 Å². The molecular weight excluding hydrogens is 470 g/mol. The lowest BCUT2D eigenvalue weighted by atomic mass is 10.1. The molecule has 3 aromatic rings. The van der Waals surface area contributed by atoms with Crippen LogP contribution in [0.5, 0.6) is 0 Å². The van der Waals surface area contributed by atoms with Gasteiger partial charge in [-0.15, -0.1) is 23.5 Å². The second kappa shape index (κ2) is 12.6. The van der Waals surface area contributed by atoms with Gasteiger partial charge in [0.2, 0.25) is 0 Å². The molecule has 6 nitrogen and oxygen atoms in total. The molecule has 0 aliphatic heterocycles. The monoisotopic (exact) mass is 491 g/mol. The number of non-ortho nitro benzene ring substituents is 1. The van der Waals surface area contributed by atoms with Gasteiger partial charge in [0.15, 0.2) is 5.78 Å². The molecule has 0 aliphatic carbocycles. The van der Waals surface area contributed by atoms with Crippen molar-refractivity contribution in [2.24, 2.45) is 0 Å². The lowest BCUT2D eigenvalue weighted by Gasteiger charge is -2.11. The average molecular weight is 492 g/mol. The van der Waals surface area contributed by atoms with Crippen molar-refractivity contribution in [3.8, 4) is 0 Å². The summed E-state index contributed by atoms with van der Waals surface area (Å²) in [5.74, 6) is -0.890. The summed E-state index contributed by atoms with van der Waals surface area (Å²) in [6, 6.07) is 24.9. The maximum absolute atomic E-state index is 12.9. The number of allylic oxidation sites excluding steroid dienone is 1. The number of hydrogen-bond donors (Lipinski definition) is 1. The minimum absolute atomic E-state index is 0.0634. The highest BCUT2D eigenvalue weighted by molar-refractivity contribution is 8.21. The minimum atomic E-state index is -1.30. The fourth-order valence-corrected chi connectivity index (χ4v) is 5.22. The summed E-state index contributed by atoms with van der Waals surface area (Å²) in [5.41, 5.74) is 2.23. The number of thioether (sulfide) groups is 2. The zero-order chi connectivity index (χ0) is 24.3. The van der Waals surface area contributed by atoms with Crippen molar-refractivity contribution in [3.05, 3.63) is 128 Å². The number of carbonyl (C=O) groups excluding carboxylic acids is 1. The zero-order valence-corrected chi connectivity index (χ0v) is 19.6. The van der Waals surface area contributed by atoms with Crippen LogP contribution in [0.1, 0.15) is 16.7 Å². The maximum atomic E-state index is 12.9. The standard InChI is InChI=1S/C26H21NO5S2/c28-23(16-13-19-11-14-22(15-12-19)27(31)32)24(25(29)30)26(33-17-20-7-3-1-4-8-20)34-18-21-9-5-2-6-10-21/h1-16H,17-18H2,(H,29,30)/b16-13+. The quantitative estimate of drug-likeness (QED) is 0.110. The summed E-state index contributed by atoms with van der Waals surface area (Å²) in [5, 5.41) is 20.7. The van der Waals surface area contributed by atoms with Crippen LogP contribution in [0.25, 0.3) is 6.08 Å². The highest BCUT2D eigenvalue weighted by Crippen LogP contribution is 2.37. The van der Waals surface area contributed by atoms with Crippen LogP contribution in [-0.4, -0.2) is 21.8 Å². The van der Waals surface area contributed by atoms with Gasteiger partial charge in [0, 0.05) is 23.6 Å². The molecule has 8 heteroatoms. The minimum Gasteiger partial charge on any atom is -0.477 e. The Bertz CT molecular complexity index is 1160. The first-order valence-corrected chi connectivity index (χ1v) is 12.2. The Kier molecular flexibility index (Phi) is 9.25. The Balaban J connectivity index is 1.86. The number of carboxylic acids is 1. The van der Waals surface area contributed by atoms with E-state index in [1.54, 1.807) is 0 Å². The van der Waals surface area contributed by atoms with Gasteiger partial charge >= 0.3 is 5.97 Å². The van der Waals surface area contributed by atoms with Crippen molar-refractivity contribution < 1.29 is 19.6 Å². The highest BCUT2D eigenvalue weighted by atomic mass is 32.2. The zero-order valence-electron chi connectivity index (χ0n) is 18.0. The number of carboxylic acid groups (broad SMARTS) is 1. The largest absolute Gasteiger partial charge is 0.477 e. The Morgan fingerprint density at radius 3 is 1.76 bits per heavy atom. The number of carbonyl (C=O) groups is 2. The van der Waals surface area contributed by atoms with Crippen LogP contribution in [0.4, 0.5) is 5.69 Å². The molecule has 0 atom stereocenters. The van der Waals surface area contributed by atoms with Gasteiger partial charge in [-0.25, -0.2) is 4.79 Å². The highest BCUT2D eigenvalue weighted by Gasteiger charge is 2.22. The van der Waals surface area contributed by atoms with Crippen molar-refractivity contribution in [2.75, 3.05) is 0 Å². The van der Waals surface area contributed by atoms with E-state index in [9.17, 15) is 24.8 Å². The van der Waals surface area contributed by atoms with Crippen LogP contribution in [0.3, 0.4) is 0 Å². The van der Waals surface area contributed by atoms with Crippen LogP contribution < -0.4 is 0 Å². The summed E-state index contributed by atoms with van der Waals surface area (Å²) < 4.78 is 0.429. The van der Waals surface area contributed by atoms with E-state index in [0.717, 1.165) is 11.1 Å². The number of benzene rings is 3. The van der Waals surface area contributed by atoms with Crippen LogP contribution >= 0.6 is 23.5 Å². The molecule has 172 valence electrons. The third kappa shape index (κ3) is 7.47. The van der Waals surface area contributed by atoms with Crippen molar-refractivity contribution in [2.45, 2.75) is 11.5 Å². The van der Waals surface area contributed by atoms with Gasteiger partial charge in [0.05, 0.1) is 9.16 Å². The molecule has 1 N–H and O–H groups in total. The van der Waals surface area contributed by atoms with Gasteiger partial charge in [-0.1, -0.05) is 66.7 Å². The molecule has 0 spiro atoms. The second-order valence-corrected chi connectivity index (χ2v) is 9.29. The first kappa shape index (κ1) is 25.0. The molecule has 0 bridgehead atoms. The second-order valence-electron chi connectivity index (χ2n) is 7.06. The van der Waals surface area contributed by atoms with Crippen LogP contribution in [-0.2, 0) is 21.1 Å². The molecular formula is C26H21NO5S2. The normalized spacial score (nSPS) is 10.7. The molecule has 0 unspecified atom stereocenters. The predicted molar refractivity (Wildman–Crippen MR) is 137 cm³/mol. The van der Waals surface area contributed by atoms with E-state index in [2.05, 4.69) is 0 Å². The van der Waals surface area contributed by atoms with E-state index in [4.69, 9.17) is 0 Å². The van der Waals surface area contributed by atoms with Crippen molar-refractivity contribution in [1.29, 1.82) is 0 Å². The van der Waals surface area contributed by atoms with E-state index in [0.29, 0.717) is 21.3 Å². The van der Waals surface area contributed by atoms with E-state index in [1.165, 1.54) is 59.9 Å². The smallest absolute Gasteiger partial charge is 0.341 e. The Morgan fingerprint density at radius 1 is 0.824 bits per heavy atom. The molecule has 0 radical (unpaired) electrons. The van der Waals surface area contributed by atoms with Crippen molar-refractivity contribution >= 4 is 47.0 Å². The SMILES string of the molecule is O=C(O)C(C(=O)/C=C/c1ccc([N+](=O)[O-])cc1)=C(SCc1ccccc1)SCc1ccccc1. The third-order valence-corrected chi connectivity index (χ3v) is 7.22. The molecule has 0 amide bonds. The van der Waals surface area contributed by atoms with Gasteiger partial charge in [0.25, 0.3) is 5.69 Å². The summed E-state index contributed by atoms with van der Waals surface area (Å²) in [4.78, 5) is 35.4. The number of rotatable bonds is 11. The first-order valence-electron chi connectivity index (χ1n) is 10.2. The molecule has 0 aliphatic rings. The van der Waals surface area contributed by atoms with Gasteiger partial charge in [-0.2, -0.15) is 0 Å². The molecule has 0 saturated heterocycles. The maximum Gasteiger partial charge on any atom is 0.341 e. The average Bonchev–Trinajstić information content (AvgIpc) is 2.85. The molecule has 0 fully saturated rings. The van der Waals surface area contributed by atoms with Crippen molar-refractivity contribution in [3.63, 3.8) is 0 Å². The number of nitro groups is 1. The van der Waals surface area contributed by atoms with Crippen LogP contribution in [0.2, 0.25) is 0 Å². The number of nitrogens with zero attached hydrogens (tertiary/aromatic N) is 1. The summed E-state index contributed by atoms with van der Waals surface area (Å²) in [6.45, 7) is 0. The van der Waals surface area contributed by atoms with Gasteiger partial charge < -0.3 is 5.11 Å². The summed E-state index contributed by atoms with van der Waals surface area (Å²) in [6.07, 6.45) is 2.65. The van der Waals surface area contributed by atoms with Gasteiger partial charge in [0.1, 0.15) is 5.57 Å². The topological polar surface area (TPSA) is 97.5 Å². The van der Waals surface area contributed by atoms with E-state index >= 15 is 0 Å². The Morgan fingerprint density at radius 2 is 1.32 bits per heavy atom. The first-order chi connectivity index (χ1) is 16.4. The molecule has 0 heterocycles. The summed E-state index contributed by atoms with van der Waals surface area (Å²) >= 11 is 2.64. The van der Waals surface area contributed by atoms with E-state index in [-0.39, 0.29) is 11.3 Å². The Hall–Kier alpha value is -3.62. The molecule has 3 aromatic carbocycles. The molecule has 3 rings (SSSR count). The molecule has 0 aromatic heterocycles. The van der Waals surface area contributed by atoms with E-state index in [1.807, 2.05) is 60.7 Å². The lowest BCUT2D eigenvalue weighted by molar-refractivity contribution is -0.384. The van der Waals surface area contributed by atoms with Gasteiger partial charge in [-0.3, -0.25) is 14.9 Å². The van der Waals surface area contributed by atoms with E-state index < -0.39 is 16.7 Å². The van der Waals surface area contributed by atoms with Crippen LogP contribution in [0.15, 0.2) is 101 Å². The number of ketones is 1. The predicted octanol–water partition coefficient (Wildman–Crippen LogP) is 6.34. The number of hydrogen-bond acceptors (Lipinski definition) is 6.